The lowest BCUT2D eigenvalue weighted by molar-refractivity contribution is -0.129. The van der Waals surface area contributed by atoms with Gasteiger partial charge in [-0.05, 0) is 50.2 Å². The molecular formula is C25H25FN8O3. The Kier molecular flexibility index (Phi) is 6.07. The fraction of sp³-hybridized carbons (Fsp3) is 0.240. The minimum Gasteiger partial charge on any atom is -0.476 e. The molecule has 0 unspecified atom stereocenters. The predicted molar refractivity (Wildman–Crippen MR) is 137 cm³/mol. The second-order valence-corrected chi connectivity index (χ2v) is 8.98. The topological polar surface area (TPSA) is 135 Å². The molecule has 0 atom stereocenters. The Hall–Kier alpha value is -4.74. The van der Waals surface area contributed by atoms with E-state index in [0.29, 0.717) is 35.8 Å². The van der Waals surface area contributed by atoms with Gasteiger partial charge in [0.1, 0.15) is 5.75 Å². The maximum absolute atomic E-state index is 14.5. The zero-order valence-electron chi connectivity index (χ0n) is 20.4. The molecule has 4 aromatic rings. The summed E-state index contributed by atoms with van der Waals surface area (Å²) in [6.45, 7) is 3.82. The van der Waals surface area contributed by atoms with Gasteiger partial charge in [0.05, 0.1) is 30.1 Å². The van der Waals surface area contributed by atoms with Crippen LogP contribution >= 0.6 is 0 Å². The molecule has 3 heterocycles. The first-order valence-corrected chi connectivity index (χ1v) is 11.6. The molecule has 5 rings (SSSR count). The van der Waals surface area contributed by atoms with E-state index in [1.807, 2.05) is 18.2 Å². The van der Waals surface area contributed by atoms with E-state index in [2.05, 4.69) is 36.3 Å². The van der Waals surface area contributed by atoms with Gasteiger partial charge < -0.3 is 26.0 Å². The van der Waals surface area contributed by atoms with Gasteiger partial charge in [0.2, 0.25) is 11.9 Å². The number of amides is 2. The van der Waals surface area contributed by atoms with E-state index in [1.165, 1.54) is 0 Å². The van der Waals surface area contributed by atoms with Crippen LogP contribution in [-0.4, -0.2) is 44.2 Å². The van der Waals surface area contributed by atoms with Gasteiger partial charge in [0.25, 0.3) is 5.91 Å². The van der Waals surface area contributed by atoms with Crippen molar-refractivity contribution in [3.8, 4) is 5.75 Å². The van der Waals surface area contributed by atoms with Crippen molar-refractivity contribution < 1.29 is 18.7 Å². The maximum Gasteiger partial charge on any atom is 0.268 e. The SMILES string of the molecule is CNC(=O)CCn1ncc2cc(Nc3ncc(F)c(Nc4ccc5c(c4)NC(=O)C(C)(C)O5)n3)ccc21. The highest BCUT2D eigenvalue weighted by atomic mass is 19.1. The highest BCUT2D eigenvalue weighted by Crippen LogP contribution is 2.36. The molecule has 0 saturated heterocycles. The van der Waals surface area contributed by atoms with Crippen LogP contribution < -0.4 is 26.0 Å². The number of carbonyl (C=O) groups excluding carboxylic acids is 2. The molecule has 0 aliphatic carbocycles. The Morgan fingerprint density at radius 3 is 2.73 bits per heavy atom. The van der Waals surface area contributed by atoms with Crippen molar-refractivity contribution in [1.82, 2.24) is 25.1 Å². The monoisotopic (exact) mass is 504 g/mol. The molecule has 11 nitrogen and oxygen atoms in total. The number of aryl methyl sites for hydroxylation is 1. The van der Waals surface area contributed by atoms with Gasteiger partial charge in [-0.2, -0.15) is 10.1 Å². The fourth-order valence-corrected chi connectivity index (χ4v) is 3.84. The number of rotatable bonds is 7. The van der Waals surface area contributed by atoms with Gasteiger partial charge in [0, 0.05) is 30.2 Å². The van der Waals surface area contributed by atoms with E-state index in [4.69, 9.17) is 4.74 Å². The van der Waals surface area contributed by atoms with Crippen molar-refractivity contribution in [2.45, 2.75) is 32.4 Å². The number of hydrogen-bond acceptors (Lipinski definition) is 8. The Bertz CT molecular complexity index is 1520. The number of fused-ring (bicyclic) bond motifs is 2. The van der Waals surface area contributed by atoms with Gasteiger partial charge in [-0.15, -0.1) is 0 Å². The lowest BCUT2D eigenvalue weighted by Gasteiger charge is -2.31. The quantitative estimate of drug-likeness (QED) is 0.299. The fourth-order valence-electron chi connectivity index (χ4n) is 3.84. The molecule has 0 fully saturated rings. The van der Waals surface area contributed by atoms with E-state index < -0.39 is 11.4 Å². The van der Waals surface area contributed by atoms with Gasteiger partial charge in [0.15, 0.2) is 17.2 Å². The lowest BCUT2D eigenvalue weighted by atomic mass is 10.1. The molecule has 1 aliphatic heterocycles. The first kappa shape index (κ1) is 24.0. The van der Waals surface area contributed by atoms with E-state index in [1.54, 1.807) is 50.0 Å². The Morgan fingerprint density at radius 2 is 1.92 bits per heavy atom. The second-order valence-electron chi connectivity index (χ2n) is 8.98. The van der Waals surface area contributed by atoms with Crippen LogP contribution in [0.3, 0.4) is 0 Å². The zero-order chi connectivity index (χ0) is 26.2. The van der Waals surface area contributed by atoms with E-state index in [0.717, 1.165) is 17.1 Å². The predicted octanol–water partition coefficient (Wildman–Crippen LogP) is 3.70. The third-order valence-corrected chi connectivity index (χ3v) is 5.87. The van der Waals surface area contributed by atoms with Crippen LogP contribution in [0.5, 0.6) is 5.75 Å². The summed E-state index contributed by atoms with van der Waals surface area (Å²) >= 11 is 0. The standard InChI is InChI=1S/C25H25FN8O3/c1-25(2)23(36)32-18-11-16(5-7-20(18)37-25)30-22-17(26)13-28-24(33-22)31-15-4-6-19-14(10-15)12-29-34(19)9-8-21(35)27-3/h4-7,10-13H,8-9H2,1-3H3,(H,27,35)(H,32,36)(H2,28,30,31,33). The van der Waals surface area contributed by atoms with E-state index in [-0.39, 0.29) is 23.6 Å². The Labute approximate surface area is 211 Å². The summed E-state index contributed by atoms with van der Waals surface area (Å²) in [5, 5.41) is 16.6. The molecule has 190 valence electrons. The van der Waals surface area contributed by atoms with Crippen LogP contribution in [0.25, 0.3) is 10.9 Å². The number of halogens is 1. The normalized spacial score (nSPS) is 13.9. The van der Waals surface area contributed by atoms with Gasteiger partial charge in [-0.25, -0.2) is 9.37 Å². The molecule has 37 heavy (non-hydrogen) atoms. The summed E-state index contributed by atoms with van der Waals surface area (Å²) in [6, 6.07) is 10.6. The minimum absolute atomic E-state index is 0.0380. The van der Waals surface area contributed by atoms with Crippen molar-refractivity contribution in [3.05, 3.63) is 54.6 Å². The number of hydrogen-bond donors (Lipinski definition) is 4. The van der Waals surface area contributed by atoms with Crippen molar-refractivity contribution in [3.63, 3.8) is 0 Å². The van der Waals surface area contributed by atoms with E-state index >= 15 is 0 Å². The molecule has 0 bridgehead atoms. The molecule has 2 aromatic heterocycles. The summed E-state index contributed by atoms with van der Waals surface area (Å²) in [4.78, 5) is 32.0. The van der Waals surface area contributed by atoms with Crippen LogP contribution in [0.15, 0.2) is 48.8 Å². The van der Waals surface area contributed by atoms with E-state index in [9.17, 15) is 14.0 Å². The Balaban J connectivity index is 1.32. The second kappa shape index (κ2) is 9.37. The number of nitrogens with zero attached hydrogens (tertiary/aromatic N) is 4. The molecule has 12 heteroatoms. The van der Waals surface area contributed by atoms with Crippen LogP contribution in [-0.2, 0) is 16.1 Å². The first-order valence-electron chi connectivity index (χ1n) is 11.6. The number of ether oxygens (including phenoxy) is 1. The largest absolute Gasteiger partial charge is 0.476 e. The number of benzene rings is 2. The van der Waals surface area contributed by atoms with Crippen molar-refractivity contribution in [2.75, 3.05) is 23.0 Å². The number of nitrogens with one attached hydrogen (secondary N) is 4. The summed E-state index contributed by atoms with van der Waals surface area (Å²) in [5.41, 5.74) is 1.58. The highest BCUT2D eigenvalue weighted by Gasteiger charge is 2.35. The van der Waals surface area contributed by atoms with Gasteiger partial charge >= 0.3 is 0 Å². The summed E-state index contributed by atoms with van der Waals surface area (Å²) in [7, 11) is 1.60. The highest BCUT2D eigenvalue weighted by molar-refractivity contribution is 6.00. The van der Waals surface area contributed by atoms with Crippen LogP contribution in [0.1, 0.15) is 20.3 Å². The number of carbonyl (C=O) groups is 2. The lowest BCUT2D eigenvalue weighted by Crippen LogP contribution is -2.45. The smallest absolute Gasteiger partial charge is 0.268 e. The summed E-state index contributed by atoms with van der Waals surface area (Å²) < 4.78 is 22.0. The molecule has 2 aromatic carbocycles. The average molecular weight is 505 g/mol. The van der Waals surface area contributed by atoms with Crippen molar-refractivity contribution >= 4 is 51.5 Å². The third kappa shape index (κ3) is 4.99. The molecule has 0 saturated carbocycles. The average Bonchev–Trinajstić information content (AvgIpc) is 3.27. The molecule has 2 amide bonds. The van der Waals surface area contributed by atoms with Crippen LogP contribution in [0, 0.1) is 5.82 Å². The van der Waals surface area contributed by atoms with Crippen molar-refractivity contribution in [1.29, 1.82) is 0 Å². The summed E-state index contributed by atoms with van der Waals surface area (Å²) in [5.74, 6) is -0.302. The van der Waals surface area contributed by atoms with Gasteiger partial charge in [-0.3, -0.25) is 14.3 Å². The molecule has 0 spiro atoms. The molecule has 0 radical (unpaired) electrons. The van der Waals surface area contributed by atoms with Crippen molar-refractivity contribution in [2.24, 2.45) is 0 Å². The molecule has 4 N–H and O–H groups in total. The van der Waals surface area contributed by atoms with Crippen LogP contribution in [0.2, 0.25) is 0 Å². The maximum atomic E-state index is 14.5. The molecular weight excluding hydrogens is 479 g/mol. The number of anilines is 5. The van der Waals surface area contributed by atoms with Crippen LogP contribution in [0.4, 0.5) is 33.2 Å². The summed E-state index contributed by atoms with van der Waals surface area (Å²) in [6.07, 6.45) is 3.11. The zero-order valence-corrected chi connectivity index (χ0v) is 20.4. The first-order chi connectivity index (χ1) is 17.7. The Morgan fingerprint density at radius 1 is 1.14 bits per heavy atom. The van der Waals surface area contributed by atoms with Gasteiger partial charge in [-0.1, -0.05) is 0 Å². The third-order valence-electron chi connectivity index (χ3n) is 5.87. The molecule has 1 aliphatic rings. The number of aromatic nitrogens is 4. The minimum atomic E-state index is -0.978.